The number of H-pyrrole nitrogens is 1. The highest BCUT2D eigenvalue weighted by atomic mass is 32.2. The Morgan fingerprint density at radius 3 is 2.53 bits per heavy atom. The summed E-state index contributed by atoms with van der Waals surface area (Å²) in [6, 6.07) is 12.6. The number of fused-ring (bicyclic) bond motifs is 3. The third kappa shape index (κ3) is 3.52. The second-order valence-electron chi connectivity index (χ2n) is 8.14. The lowest BCUT2D eigenvalue weighted by Gasteiger charge is -2.16. The SMILES string of the molecule is O=C1CCCN1c1ccc(S(=O)(=O)NCc2ccc3[nH]c4c(c3c2)CCCC4)cc1. The number of rotatable bonds is 5. The summed E-state index contributed by atoms with van der Waals surface area (Å²) >= 11 is 0. The Morgan fingerprint density at radius 2 is 1.77 bits per heavy atom. The van der Waals surface area contributed by atoms with Crippen LogP contribution >= 0.6 is 0 Å². The monoisotopic (exact) mass is 423 g/mol. The van der Waals surface area contributed by atoms with E-state index in [0.29, 0.717) is 13.0 Å². The number of carbonyl (C=O) groups excluding carboxylic acids is 1. The van der Waals surface area contributed by atoms with Crippen LogP contribution in [0.1, 0.15) is 42.5 Å². The van der Waals surface area contributed by atoms with Crippen molar-refractivity contribution in [1.82, 2.24) is 9.71 Å². The summed E-state index contributed by atoms with van der Waals surface area (Å²) in [6.45, 7) is 0.930. The minimum atomic E-state index is -3.63. The van der Waals surface area contributed by atoms with Gasteiger partial charge in [-0.15, -0.1) is 0 Å². The summed E-state index contributed by atoms with van der Waals surface area (Å²) in [5, 5.41) is 1.21. The van der Waals surface area contributed by atoms with Crippen LogP contribution in [0, 0.1) is 0 Å². The average Bonchev–Trinajstić information content (AvgIpc) is 3.35. The van der Waals surface area contributed by atoms with Gasteiger partial charge in [0.15, 0.2) is 0 Å². The molecule has 6 nitrogen and oxygen atoms in total. The van der Waals surface area contributed by atoms with Crippen LogP contribution in [-0.2, 0) is 34.2 Å². The zero-order valence-corrected chi connectivity index (χ0v) is 17.6. The first-order valence-electron chi connectivity index (χ1n) is 10.5. The summed E-state index contributed by atoms with van der Waals surface area (Å²) < 4.78 is 28.2. The summed E-state index contributed by atoms with van der Waals surface area (Å²) in [4.78, 5) is 17.3. The van der Waals surface area contributed by atoms with Crippen molar-refractivity contribution in [2.45, 2.75) is 50.0 Å². The van der Waals surface area contributed by atoms with Gasteiger partial charge in [0.05, 0.1) is 4.90 Å². The summed E-state index contributed by atoms with van der Waals surface area (Å²) in [5.41, 5.74) is 5.52. The molecule has 5 rings (SSSR count). The van der Waals surface area contributed by atoms with Gasteiger partial charge in [-0.05, 0) is 79.6 Å². The molecule has 2 N–H and O–H groups in total. The first-order valence-corrected chi connectivity index (χ1v) is 12.0. The molecule has 2 aliphatic rings. The second kappa shape index (κ2) is 7.56. The number of nitrogens with one attached hydrogen (secondary N) is 2. The number of aromatic nitrogens is 1. The Kier molecular flexibility index (Phi) is 4.87. The zero-order chi connectivity index (χ0) is 20.7. The van der Waals surface area contributed by atoms with Crippen molar-refractivity contribution in [2.75, 3.05) is 11.4 Å². The predicted molar refractivity (Wildman–Crippen MR) is 117 cm³/mol. The molecule has 1 aliphatic heterocycles. The number of hydrogen-bond donors (Lipinski definition) is 2. The third-order valence-electron chi connectivity index (χ3n) is 6.16. The molecule has 3 aromatic rings. The number of aromatic amines is 1. The average molecular weight is 424 g/mol. The molecule has 7 heteroatoms. The molecule has 0 atom stereocenters. The summed E-state index contributed by atoms with van der Waals surface area (Å²) in [6.07, 6.45) is 5.99. The van der Waals surface area contributed by atoms with E-state index >= 15 is 0 Å². The van der Waals surface area contributed by atoms with Gasteiger partial charge in [0, 0.05) is 41.8 Å². The van der Waals surface area contributed by atoms with E-state index in [2.05, 4.69) is 15.8 Å². The molecule has 30 heavy (non-hydrogen) atoms. The van der Waals surface area contributed by atoms with Gasteiger partial charge < -0.3 is 9.88 Å². The molecule has 1 aliphatic carbocycles. The van der Waals surface area contributed by atoms with Crippen molar-refractivity contribution < 1.29 is 13.2 Å². The molecule has 1 saturated heterocycles. The van der Waals surface area contributed by atoms with Crippen molar-refractivity contribution in [3.63, 3.8) is 0 Å². The van der Waals surface area contributed by atoms with Gasteiger partial charge in [-0.3, -0.25) is 4.79 Å². The Morgan fingerprint density at radius 1 is 0.967 bits per heavy atom. The highest BCUT2D eigenvalue weighted by molar-refractivity contribution is 7.89. The highest BCUT2D eigenvalue weighted by Crippen LogP contribution is 2.30. The molecule has 1 fully saturated rings. The standard InChI is InChI=1S/C23H25N3O3S/c27-23-6-3-13-26(23)17-8-10-18(11-9-17)30(28,29)24-15-16-7-12-22-20(14-16)19-4-1-2-5-21(19)25-22/h7-12,14,24-25H,1-6,13,15H2. The van der Waals surface area contributed by atoms with Gasteiger partial charge in [-0.2, -0.15) is 0 Å². The van der Waals surface area contributed by atoms with Gasteiger partial charge in [0.2, 0.25) is 15.9 Å². The van der Waals surface area contributed by atoms with Gasteiger partial charge in [-0.25, -0.2) is 13.1 Å². The van der Waals surface area contributed by atoms with Crippen molar-refractivity contribution in [1.29, 1.82) is 0 Å². The van der Waals surface area contributed by atoms with E-state index in [4.69, 9.17) is 0 Å². The molecule has 1 aromatic heterocycles. The molecule has 1 amide bonds. The molecule has 0 radical (unpaired) electrons. The van der Waals surface area contributed by atoms with Gasteiger partial charge in [0.1, 0.15) is 0 Å². The topological polar surface area (TPSA) is 82.3 Å². The number of aryl methyl sites for hydroxylation is 2. The Labute approximate surface area is 176 Å². The second-order valence-corrected chi connectivity index (χ2v) is 9.90. The maximum atomic E-state index is 12.8. The van der Waals surface area contributed by atoms with Crippen LogP contribution in [0.25, 0.3) is 10.9 Å². The lowest BCUT2D eigenvalue weighted by atomic mass is 9.95. The Bertz CT molecular complexity index is 1210. The van der Waals surface area contributed by atoms with Crippen molar-refractivity contribution in [2.24, 2.45) is 0 Å². The van der Waals surface area contributed by atoms with Crippen LogP contribution in [0.2, 0.25) is 0 Å². The summed E-state index contributed by atoms with van der Waals surface area (Å²) in [7, 11) is -3.63. The lowest BCUT2D eigenvalue weighted by Crippen LogP contribution is -2.25. The maximum Gasteiger partial charge on any atom is 0.240 e. The molecular weight excluding hydrogens is 398 g/mol. The van der Waals surface area contributed by atoms with E-state index < -0.39 is 10.0 Å². The third-order valence-corrected chi connectivity index (χ3v) is 7.58. The van der Waals surface area contributed by atoms with Crippen LogP contribution in [0.15, 0.2) is 47.4 Å². The molecule has 2 heterocycles. The molecule has 0 spiro atoms. The normalized spacial score (nSPS) is 16.9. The van der Waals surface area contributed by atoms with Gasteiger partial charge in [-0.1, -0.05) is 6.07 Å². The fraction of sp³-hybridized carbons (Fsp3) is 0.348. The lowest BCUT2D eigenvalue weighted by molar-refractivity contribution is -0.117. The number of sulfonamides is 1. The first-order chi connectivity index (χ1) is 14.5. The van der Waals surface area contributed by atoms with Crippen molar-refractivity contribution in [3.05, 3.63) is 59.3 Å². The van der Waals surface area contributed by atoms with Crippen LogP contribution < -0.4 is 9.62 Å². The molecular formula is C23H25N3O3S. The Balaban J connectivity index is 1.32. The molecule has 0 bridgehead atoms. The fourth-order valence-corrected chi connectivity index (χ4v) is 5.57. The van der Waals surface area contributed by atoms with E-state index in [0.717, 1.165) is 36.0 Å². The number of benzene rings is 2. The molecule has 0 saturated carbocycles. The number of nitrogens with zero attached hydrogens (tertiary/aromatic N) is 1. The minimum Gasteiger partial charge on any atom is -0.358 e. The molecule has 156 valence electrons. The largest absolute Gasteiger partial charge is 0.358 e. The number of amides is 1. The number of anilines is 1. The van der Waals surface area contributed by atoms with Crippen LogP contribution in [0.5, 0.6) is 0 Å². The van der Waals surface area contributed by atoms with E-state index in [-0.39, 0.29) is 17.3 Å². The number of hydrogen-bond acceptors (Lipinski definition) is 3. The molecule has 0 unspecified atom stereocenters. The Hall–Kier alpha value is -2.64. The first kappa shape index (κ1) is 19.3. The van der Waals surface area contributed by atoms with E-state index in [1.54, 1.807) is 29.2 Å². The van der Waals surface area contributed by atoms with E-state index in [1.807, 2.05) is 12.1 Å². The molecule has 2 aromatic carbocycles. The number of carbonyl (C=O) groups is 1. The predicted octanol–water partition coefficient (Wildman–Crippen LogP) is 3.65. The smallest absolute Gasteiger partial charge is 0.240 e. The van der Waals surface area contributed by atoms with E-state index in [9.17, 15) is 13.2 Å². The summed E-state index contributed by atoms with van der Waals surface area (Å²) in [5.74, 6) is 0.0890. The fourth-order valence-electron chi connectivity index (χ4n) is 4.55. The van der Waals surface area contributed by atoms with Gasteiger partial charge in [0.25, 0.3) is 0 Å². The maximum absolute atomic E-state index is 12.8. The van der Waals surface area contributed by atoms with Crippen LogP contribution in [0.3, 0.4) is 0 Å². The minimum absolute atomic E-state index is 0.0890. The zero-order valence-electron chi connectivity index (χ0n) is 16.8. The quantitative estimate of drug-likeness (QED) is 0.657. The van der Waals surface area contributed by atoms with Crippen molar-refractivity contribution in [3.8, 4) is 0 Å². The van der Waals surface area contributed by atoms with Crippen molar-refractivity contribution >= 4 is 32.5 Å². The van der Waals surface area contributed by atoms with Gasteiger partial charge >= 0.3 is 0 Å². The van der Waals surface area contributed by atoms with Crippen LogP contribution in [-0.4, -0.2) is 25.9 Å². The highest BCUT2D eigenvalue weighted by Gasteiger charge is 2.22. The van der Waals surface area contributed by atoms with Crippen LogP contribution in [0.4, 0.5) is 5.69 Å². The van der Waals surface area contributed by atoms with E-state index in [1.165, 1.54) is 29.5 Å².